The molecule has 0 saturated heterocycles. The van der Waals surface area contributed by atoms with Crippen LogP contribution in [0.4, 0.5) is 5.69 Å². The van der Waals surface area contributed by atoms with Crippen molar-refractivity contribution in [2.24, 2.45) is 0 Å². The molecule has 0 spiro atoms. The number of thiazole rings is 1. The summed E-state index contributed by atoms with van der Waals surface area (Å²) in [5, 5.41) is 9.52. The molecule has 1 aliphatic rings. The van der Waals surface area contributed by atoms with Crippen LogP contribution >= 0.6 is 23.1 Å². The lowest BCUT2D eigenvalue weighted by Crippen LogP contribution is -2.36. The Labute approximate surface area is 159 Å². The third-order valence-corrected chi connectivity index (χ3v) is 6.10. The molecular weight excluding hydrogens is 368 g/mol. The van der Waals surface area contributed by atoms with E-state index in [0.29, 0.717) is 11.1 Å². The van der Waals surface area contributed by atoms with E-state index in [2.05, 4.69) is 21.2 Å². The molecule has 1 aromatic carbocycles. The maximum atomic E-state index is 12.7. The predicted molar refractivity (Wildman–Crippen MR) is 103 cm³/mol. The summed E-state index contributed by atoms with van der Waals surface area (Å²) in [6.45, 7) is 4.63. The Bertz CT molecular complexity index is 950. The van der Waals surface area contributed by atoms with E-state index in [1.165, 1.54) is 28.7 Å². The lowest BCUT2D eigenvalue weighted by Gasteiger charge is -2.29. The molecule has 8 heteroatoms. The van der Waals surface area contributed by atoms with Crippen LogP contribution in [0.1, 0.15) is 22.7 Å². The SMILES string of the molecule is Cc1nc(C)c(-c2nnc(SCC(=O)N3CCCc4ccccc43)o2)s1. The van der Waals surface area contributed by atoms with E-state index in [9.17, 15) is 4.79 Å². The first-order valence-electron chi connectivity index (χ1n) is 8.41. The van der Waals surface area contributed by atoms with Crippen molar-refractivity contribution in [3.63, 3.8) is 0 Å². The van der Waals surface area contributed by atoms with Crippen LogP contribution in [0, 0.1) is 13.8 Å². The summed E-state index contributed by atoms with van der Waals surface area (Å²) >= 11 is 2.81. The Morgan fingerprint density at radius 3 is 2.96 bits per heavy atom. The highest BCUT2D eigenvalue weighted by Crippen LogP contribution is 2.31. The van der Waals surface area contributed by atoms with Crippen molar-refractivity contribution in [3.8, 4) is 10.8 Å². The molecule has 2 aromatic heterocycles. The number of benzene rings is 1. The Balaban J connectivity index is 1.44. The second kappa shape index (κ2) is 7.20. The molecule has 0 atom stereocenters. The Kier molecular flexibility index (Phi) is 4.78. The fraction of sp³-hybridized carbons (Fsp3) is 0.333. The Morgan fingerprint density at radius 1 is 1.31 bits per heavy atom. The van der Waals surface area contributed by atoms with Gasteiger partial charge in [-0.1, -0.05) is 30.0 Å². The molecule has 0 bridgehead atoms. The number of rotatable bonds is 4. The third-order valence-electron chi connectivity index (χ3n) is 4.23. The largest absolute Gasteiger partial charge is 0.410 e. The molecule has 0 radical (unpaired) electrons. The number of fused-ring (bicyclic) bond motifs is 1. The van der Waals surface area contributed by atoms with Gasteiger partial charge in [-0.25, -0.2) is 4.98 Å². The van der Waals surface area contributed by atoms with E-state index in [0.717, 1.165) is 40.7 Å². The van der Waals surface area contributed by atoms with E-state index in [1.54, 1.807) is 0 Å². The van der Waals surface area contributed by atoms with E-state index in [4.69, 9.17) is 4.42 Å². The van der Waals surface area contributed by atoms with E-state index in [1.807, 2.05) is 36.9 Å². The summed E-state index contributed by atoms with van der Waals surface area (Å²) in [5.74, 6) is 0.800. The number of hydrogen-bond acceptors (Lipinski definition) is 7. The van der Waals surface area contributed by atoms with Gasteiger partial charge in [0.15, 0.2) is 0 Å². The van der Waals surface area contributed by atoms with E-state index >= 15 is 0 Å². The van der Waals surface area contributed by atoms with Crippen LogP contribution in [0.25, 0.3) is 10.8 Å². The van der Waals surface area contributed by atoms with E-state index < -0.39 is 0 Å². The van der Waals surface area contributed by atoms with Crippen molar-refractivity contribution in [3.05, 3.63) is 40.5 Å². The van der Waals surface area contributed by atoms with Crippen LogP contribution in [-0.2, 0) is 11.2 Å². The molecular formula is C18H18N4O2S2. The van der Waals surface area contributed by atoms with Crippen molar-refractivity contribution in [2.45, 2.75) is 31.9 Å². The molecule has 4 rings (SSSR count). The maximum absolute atomic E-state index is 12.7. The molecule has 1 amide bonds. The van der Waals surface area contributed by atoms with Crippen LogP contribution < -0.4 is 4.90 Å². The molecule has 6 nitrogen and oxygen atoms in total. The van der Waals surface area contributed by atoms with Gasteiger partial charge in [-0.3, -0.25) is 4.79 Å². The summed E-state index contributed by atoms with van der Waals surface area (Å²) in [5.41, 5.74) is 3.13. The fourth-order valence-corrected chi connectivity index (χ4v) is 4.56. The third kappa shape index (κ3) is 3.39. The number of nitrogens with zero attached hydrogens (tertiary/aromatic N) is 4. The average molecular weight is 387 g/mol. The van der Waals surface area contributed by atoms with Gasteiger partial charge in [-0.2, -0.15) is 0 Å². The molecule has 0 N–H and O–H groups in total. The number of carbonyl (C=O) groups excluding carboxylic acids is 1. The zero-order valence-corrected chi connectivity index (χ0v) is 16.2. The number of amides is 1. The van der Waals surface area contributed by atoms with Gasteiger partial charge < -0.3 is 9.32 Å². The summed E-state index contributed by atoms with van der Waals surface area (Å²) in [6, 6.07) is 8.09. The van der Waals surface area contributed by atoms with Gasteiger partial charge in [0.05, 0.1) is 16.5 Å². The maximum Gasteiger partial charge on any atom is 0.277 e. The van der Waals surface area contributed by atoms with E-state index in [-0.39, 0.29) is 11.7 Å². The highest BCUT2D eigenvalue weighted by atomic mass is 32.2. The van der Waals surface area contributed by atoms with Crippen LogP contribution in [-0.4, -0.2) is 33.4 Å². The zero-order valence-electron chi connectivity index (χ0n) is 14.6. The van der Waals surface area contributed by atoms with Crippen molar-refractivity contribution < 1.29 is 9.21 Å². The van der Waals surface area contributed by atoms with Gasteiger partial charge in [0.1, 0.15) is 4.88 Å². The predicted octanol–water partition coefficient (Wildman–Crippen LogP) is 3.88. The lowest BCUT2D eigenvalue weighted by molar-refractivity contribution is -0.116. The lowest BCUT2D eigenvalue weighted by atomic mass is 10.0. The van der Waals surface area contributed by atoms with Crippen molar-refractivity contribution in [1.82, 2.24) is 15.2 Å². The Hall–Kier alpha value is -2.19. The van der Waals surface area contributed by atoms with Gasteiger partial charge in [0.25, 0.3) is 11.1 Å². The average Bonchev–Trinajstić information content (AvgIpc) is 3.25. The number of thioether (sulfide) groups is 1. The monoisotopic (exact) mass is 386 g/mol. The number of hydrogen-bond donors (Lipinski definition) is 0. The Morgan fingerprint density at radius 2 is 2.15 bits per heavy atom. The molecule has 0 fully saturated rings. The molecule has 134 valence electrons. The summed E-state index contributed by atoms with van der Waals surface area (Å²) < 4.78 is 5.71. The minimum absolute atomic E-state index is 0.0618. The molecule has 0 unspecified atom stereocenters. The molecule has 26 heavy (non-hydrogen) atoms. The number of carbonyl (C=O) groups is 1. The number of aryl methyl sites for hydroxylation is 3. The highest BCUT2D eigenvalue weighted by Gasteiger charge is 2.23. The summed E-state index contributed by atoms with van der Waals surface area (Å²) in [6.07, 6.45) is 2.01. The van der Waals surface area contributed by atoms with Crippen LogP contribution in [0.2, 0.25) is 0 Å². The standard InChI is InChI=1S/C18H18N4O2S2/c1-11-16(26-12(2)19-11)17-20-21-18(24-17)25-10-15(23)22-9-5-7-13-6-3-4-8-14(13)22/h3-4,6,8H,5,7,9-10H2,1-2H3. The first-order valence-corrected chi connectivity index (χ1v) is 10.2. The first-order chi connectivity index (χ1) is 12.6. The number of anilines is 1. The molecule has 0 aliphatic carbocycles. The molecule has 3 heterocycles. The first kappa shape index (κ1) is 17.2. The second-order valence-corrected chi connectivity index (χ2v) is 8.22. The van der Waals surface area contributed by atoms with Crippen LogP contribution in [0.15, 0.2) is 33.9 Å². The van der Waals surface area contributed by atoms with Gasteiger partial charge in [0.2, 0.25) is 5.91 Å². The second-order valence-electron chi connectivity index (χ2n) is 6.09. The zero-order chi connectivity index (χ0) is 18.1. The van der Waals surface area contributed by atoms with Crippen molar-refractivity contribution in [1.29, 1.82) is 0 Å². The van der Waals surface area contributed by atoms with Gasteiger partial charge in [0, 0.05) is 12.2 Å². The molecule has 1 aliphatic heterocycles. The van der Waals surface area contributed by atoms with Gasteiger partial charge in [-0.15, -0.1) is 21.5 Å². The number of para-hydroxylation sites is 1. The fourth-order valence-electron chi connectivity index (χ4n) is 3.08. The number of aromatic nitrogens is 3. The highest BCUT2D eigenvalue weighted by molar-refractivity contribution is 7.99. The molecule has 3 aromatic rings. The van der Waals surface area contributed by atoms with Crippen LogP contribution in [0.5, 0.6) is 0 Å². The minimum Gasteiger partial charge on any atom is -0.410 e. The smallest absolute Gasteiger partial charge is 0.277 e. The van der Waals surface area contributed by atoms with Crippen molar-refractivity contribution >= 4 is 34.7 Å². The normalized spacial score (nSPS) is 13.7. The van der Waals surface area contributed by atoms with Gasteiger partial charge >= 0.3 is 0 Å². The van der Waals surface area contributed by atoms with Crippen LogP contribution in [0.3, 0.4) is 0 Å². The summed E-state index contributed by atoms with van der Waals surface area (Å²) in [4.78, 5) is 19.8. The summed E-state index contributed by atoms with van der Waals surface area (Å²) in [7, 11) is 0. The molecule has 0 saturated carbocycles. The van der Waals surface area contributed by atoms with Gasteiger partial charge in [-0.05, 0) is 38.3 Å². The van der Waals surface area contributed by atoms with Crippen molar-refractivity contribution in [2.75, 3.05) is 17.2 Å². The minimum atomic E-state index is 0.0618. The quantitative estimate of drug-likeness (QED) is 0.634. The topological polar surface area (TPSA) is 72.1 Å².